The van der Waals surface area contributed by atoms with Crippen LogP contribution in [-0.2, 0) is 11.3 Å². The number of nitrogens with zero attached hydrogens (tertiary/aromatic N) is 1. The van der Waals surface area contributed by atoms with Crippen LogP contribution in [0.25, 0.3) is 0 Å². The number of carbonyl (C=O) groups excluding carboxylic acids is 2. The van der Waals surface area contributed by atoms with E-state index >= 15 is 0 Å². The minimum Gasteiger partial charge on any atom is -0.465 e. The molecule has 0 spiro atoms. The van der Waals surface area contributed by atoms with Gasteiger partial charge in [0.15, 0.2) is 0 Å². The Kier molecular flexibility index (Phi) is 4.61. The van der Waals surface area contributed by atoms with Gasteiger partial charge in [-0.1, -0.05) is 12.1 Å². The Balaban J connectivity index is 1.97. The number of hydrogen-bond donors (Lipinski definition) is 1. The standard InChI is InChI=1S/C15H13FN2O3/c1-21-15(20)11-4-7-13(17-9-11)14(19)18-8-10-2-5-12(16)6-3-10/h2-7,9H,8H2,1H3,(H,18,19). The zero-order chi connectivity index (χ0) is 15.2. The van der Waals surface area contributed by atoms with Gasteiger partial charge in [0.25, 0.3) is 5.91 Å². The summed E-state index contributed by atoms with van der Waals surface area (Å²) in [7, 11) is 1.27. The molecule has 108 valence electrons. The lowest BCUT2D eigenvalue weighted by molar-refractivity contribution is 0.0599. The second-order valence-electron chi connectivity index (χ2n) is 4.23. The van der Waals surface area contributed by atoms with Crippen LogP contribution in [0.15, 0.2) is 42.6 Å². The van der Waals surface area contributed by atoms with Crippen LogP contribution < -0.4 is 5.32 Å². The Hall–Kier alpha value is -2.76. The van der Waals surface area contributed by atoms with Crippen LogP contribution in [-0.4, -0.2) is 24.0 Å². The minimum atomic E-state index is -0.513. The van der Waals surface area contributed by atoms with Gasteiger partial charge in [-0.25, -0.2) is 9.18 Å². The number of esters is 1. The van der Waals surface area contributed by atoms with Crippen LogP contribution in [0.2, 0.25) is 0 Å². The predicted octanol–water partition coefficient (Wildman–Crippen LogP) is 1.94. The van der Waals surface area contributed by atoms with E-state index in [9.17, 15) is 14.0 Å². The molecule has 0 atom stereocenters. The molecule has 0 aliphatic rings. The third-order valence-corrected chi connectivity index (χ3v) is 2.78. The molecule has 1 heterocycles. The summed E-state index contributed by atoms with van der Waals surface area (Å²) >= 11 is 0. The van der Waals surface area contributed by atoms with Crippen molar-refractivity contribution < 1.29 is 18.7 Å². The van der Waals surface area contributed by atoms with Crippen LogP contribution in [0, 0.1) is 5.82 Å². The number of halogens is 1. The molecule has 6 heteroatoms. The highest BCUT2D eigenvalue weighted by Gasteiger charge is 2.10. The fraction of sp³-hybridized carbons (Fsp3) is 0.133. The molecule has 1 aromatic heterocycles. The van der Waals surface area contributed by atoms with Crippen molar-refractivity contribution >= 4 is 11.9 Å². The number of rotatable bonds is 4. The van der Waals surface area contributed by atoms with Gasteiger partial charge in [-0.3, -0.25) is 9.78 Å². The summed E-state index contributed by atoms with van der Waals surface area (Å²) in [5, 5.41) is 2.66. The quantitative estimate of drug-likeness (QED) is 0.873. The number of nitrogens with one attached hydrogen (secondary N) is 1. The molecule has 0 aliphatic carbocycles. The lowest BCUT2D eigenvalue weighted by Gasteiger charge is -2.05. The summed E-state index contributed by atoms with van der Waals surface area (Å²) in [5.41, 5.74) is 1.23. The predicted molar refractivity (Wildman–Crippen MR) is 73.1 cm³/mol. The average molecular weight is 288 g/mol. The van der Waals surface area contributed by atoms with Crippen LogP contribution >= 0.6 is 0 Å². The van der Waals surface area contributed by atoms with Crippen molar-refractivity contribution in [1.29, 1.82) is 0 Å². The Bertz CT molecular complexity index is 639. The zero-order valence-electron chi connectivity index (χ0n) is 11.3. The smallest absolute Gasteiger partial charge is 0.339 e. The van der Waals surface area contributed by atoms with Crippen molar-refractivity contribution in [2.45, 2.75) is 6.54 Å². The monoisotopic (exact) mass is 288 g/mol. The normalized spacial score (nSPS) is 10.0. The van der Waals surface area contributed by atoms with E-state index in [0.717, 1.165) is 5.56 Å². The molecular formula is C15H13FN2O3. The molecule has 1 N–H and O–H groups in total. The van der Waals surface area contributed by atoms with Gasteiger partial charge in [0.05, 0.1) is 12.7 Å². The van der Waals surface area contributed by atoms with E-state index in [4.69, 9.17) is 0 Å². The Morgan fingerprint density at radius 1 is 1.19 bits per heavy atom. The maximum Gasteiger partial charge on any atom is 0.339 e. The van der Waals surface area contributed by atoms with Crippen molar-refractivity contribution in [1.82, 2.24) is 10.3 Å². The molecular weight excluding hydrogens is 275 g/mol. The average Bonchev–Trinajstić information content (AvgIpc) is 2.53. The second kappa shape index (κ2) is 6.60. The number of aromatic nitrogens is 1. The third-order valence-electron chi connectivity index (χ3n) is 2.78. The maximum atomic E-state index is 12.7. The van der Waals surface area contributed by atoms with Gasteiger partial charge >= 0.3 is 5.97 Å². The highest BCUT2D eigenvalue weighted by Crippen LogP contribution is 2.04. The summed E-state index contributed by atoms with van der Waals surface area (Å²) in [6, 6.07) is 8.72. The Morgan fingerprint density at radius 2 is 1.90 bits per heavy atom. The molecule has 0 aliphatic heterocycles. The first kappa shape index (κ1) is 14.6. The SMILES string of the molecule is COC(=O)c1ccc(C(=O)NCc2ccc(F)cc2)nc1. The first-order valence-corrected chi connectivity index (χ1v) is 6.17. The molecule has 2 rings (SSSR count). The number of methoxy groups -OCH3 is 1. The van der Waals surface area contributed by atoms with Gasteiger partial charge in [0.2, 0.25) is 0 Å². The van der Waals surface area contributed by atoms with Crippen LogP contribution in [0.4, 0.5) is 4.39 Å². The van der Waals surface area contributed by atoms with E-state index in [1.54, 1.807) is 12.1 Å². The van der Waals surface area contributed by atoms with Gasteiger partial charge in [-0.2, -0.15) is 0 Å². The summed E-state index contributed by atoms with van der Waals surface area (Å²) in [6.45, 7) is 0.263. The fourth-order valence-corrected chi connectivity index (χ4v) is 1.64. The molecule has 0 saturated carbocycles. The molecule has 0 fully saturated rings. The van der Waals surface area contributed by atoms with Crippen LogP contribution in [0.3, 0.4) is 0 Å². The van der Waals surface area contributed by atoms with E-state index in [1.807, 2.05) is 0 Å². The van der Waals surface area contributed by atoms with E-state index in [2.05, 4.69) is 15.0 Å². The van der Waals surface area contributed by atoms with Crippen molar-refractivity contribution in [2.24, 2.45) is 0 Å². The highest BCUT2D eigenvalue weighted by molar-refractivity contribution is 5.94. The van der Waals surface area contributed by atoms with Crippen LogP contribution in [0.5, 0.6) is 0 Å². The molecule has 1 amide bonds. The van der Waals surface area contributed by atoms with Gasteiger partial charge in [0, 0.05) is 12.7 Å². The molecule has 21 heavy (non-hydrogen) atoms. The van der Waals surface area contributed by atoms with Crippen molar-refractivity contribution in [2.75, 3.05) is 7.11 Å². The number of benzene rings is 1. The molecule has 2 aromatic rings. The van der Waals surface area contributed by atoms with E-state index in [-0.39, 0.29) is 29.5 Å². The van der Waals surface area contributed by atoms with E-state index in [0.29, 0.717) is 0 Å². The number of pyridine rings is 1. The Morgan fingerprint density at radius 3 is 2.48 bits per heavy atom. The molecule has 0 saturated heterocycles. The summed E-state index contributed by atoms with van der Waals surface area (Å²) in [6.07, 6.45) is 1.28. The van der Waals surface area contributed by atoms with Gasteiger partial charge < -0.3 is 10.1 Å². The third kappa shape index (κ3) is 3.85. The molecule has 0 radical (unpaired) electrons. The first-order valence-electron chi connectivity index (χ1n) is 6.17. The molecule has 0 unspecified atom stereocenters. The number of carbonyl (C=O) groups is 2. The van der Waals surface area contributed by atoms with Crippen molar-refractivity contribution in [3.63, 3.8) is 0 Å². The van der Waals surface area contributed by atoms with E-state index < -0.39 is 5.97 Å². The van der Waals surface area contributed by atoms with Gasteiger partial charge in [-0.05, 0) is 29.8 Å². The Labute approximate surface area is 120 Å². The highest BCUT2D eigenvalue weighted by atomic mass is 19.1. The van der Waals surface area contributed by atoms with Crippen molar-refractivity contribution in [3.05, 3.63) is 65.2 Å². The molecule has 5 nitrogen and oxygen atoms in total. The van der Waals surface area contributed by atoms with Gasteiger partial charge in [-0.15, -0.1) is 0 Å². The first-order chi connectivity index (χ1) is 10.1. The minimum absolute atomic E-state index is 0.185. The number of ether oxygens (including phenoxy) is 1. The molecule has 1 aromatic carbocycles. The topological polar surface area (TPSA) is 68.3 Å². The van der Waals surface area contributed by atoms with Crippen molar-refractivity contribution in [3.8, 4) is 0 Å². The summed E-state index contributed by atoms with van der Waals surface area (Å²) < 4.78 is 17.3. The van der Waals surface area contributed by atoms with Gasteiger partial charge in [0.1, 0.15) is 11.5 Å². The summed E-state index contributed by atoms with van der Waals surface area (Å²) in [5.74, 6) is -1.22. The second-order valence-corrected chi connectivity index (χ2v) is 4.23. The van der Waals surface area contributed by atoms with E-state index in [1.165, 1.54) is 37.6 Å². The number of amides is 1. The lowest BCUT2D eigenvalue weighted by Crippen LogP contribution is -2.23. The summed E-state index contributed by atoms with van der Waals surface area (Å²) in [4.78, 5) is 27.0. The zero-order valence-corrected chi connectivity index (χ0v) is 11.3. The molecule has 0 bridgehead atoms. The maximum absolute atomic E-state index is 12.7. The van der Waals surface area contributed by atoms with Crippen LogP contribution in [0.1, 0.15) is 26.4 Å². The largest absolute Gasteiger partial charge is 0.465 e. The number of hydrogen-bond acceptors (Lipinski definition) is 4. The fourth-order valence-electron chi connectivity index (χ4n) is 1.64. The lowest BCUT2D eigenvalue weighted by atomic mass is 10.2.